The van der Waals surface area contributed by atoms with Crippen LogP contribution in [0.25, 0.3) is 0 Å². The van der Waals surface area contributed by atoms with Crippen molar-refractivity contribution in [3.8, 4) is 0 Å². The molecule has 1 aromatic heterocycles. The van der Waals surface area contributed by atoms with Gasteiger partial charge in [0, 0.05) is 6.20 Å². The summed E-state index contributed by atoms with van der Waals surface area (Å²) in [5, 5.41) is 0. The van der Waals surface area contributed by atoms with Crippen LogP contribution in [0.1, 0.15) is 16.6 Å². The predicted molar refractivity (Wildman–Crippen MR) is 38.1 cm³/mol. The normalized spacial score (nSPS) is 9.30. The summed E-state index contributed by atoms with van der Waals surface area (Å²) in [5.74, 6) is -0.287. The molecular formula is C6H7NO2S. The molecule has 3 nitrogen and oxygen atoms in total. The Kier molecular flexibility index (Phi) is 2.39. The van der Waals surface area contributed by atoms with Gasteiger partial charge in [-0.05, 0) is 24.5 Å². The number of carbonyl (C=O) groups is 1. The van der Waals surface area contributed by atoms with Crippen LogP contribution in [0.5, 0.6) is 0 Å². The molecule has 0 atom stereocenters. The zero-order chi connectivity index (χ0) is 7.40. The summed E-state index contributed by atoms with van der Waals surface area (Å²) in [6, 6.07) is 1.64. The molecule has 0 saturated heterocycles. The number of nitrogens with zero attached hydrogens (tertiary/aromatic N) is 1. The van der Waals surface area contributed by atoms with Crippen LogP contribution >= 0.6 is 11.5 Å². The number of esters is 1. The minimum atomic E-state index is -0.287. The van der Waals surface area contributed by atoms with Crippen LogP contribution in [0.2, 0.25) is 0 Å². The first kappa shape index (κ1) is 7.21. The van der Waals surface area contributed by atoms with Gasteiger partial charge < -0.3 is 4.74 Å². The number of hydrogen-bond donors (Lipinski definition) is 0. The van der Waals surface area contributed by atoms with Gasteiger partial charge in [-0.25, -0.2) is 9.17 Å². The highest BCUT2D eigenvalue weighted by Gasteiger charge is 2.06. The fourth-order valence-electron chi connectivity index (χ4n) is 0.523. The lowest BCUT2D eigenvalue weighted by molar-refractivity contribution is 0.0532. The molecule has 1 aromatic rings. The second-order valence-corrected chi connectivity index (χ2v) is 2.43. The largest absolute Gasteiger partial charge is 0.462 e. The standard InChI is InChI=1S/C6H7NO2S/c1-2-9-6(8)5-3-4-7-10-5/h3-4H,2H2,1H3. The Balaban J connectivity index is 2.59. The van der Waals surface area contributed by atoms with Gasteiger partial charge in [-0.1, -0.05) is 0 Å². The Morgan fingerprint density at radius 3 is 3.20 bits per heavy atom. The zero-order valence-electron chi connectivity index (χ0n) is 5.53. The van der Waals surface area contributed by atoms with Crippen LogP contribution in [0.3, 0.4) is 0 Å². The Bertz CT molecular complexity index is 208. The quantitative estimate of drug-likeness (QED) is 0.608. The van der Waals surface area contributed by atoms with Crippen molar-refractivity contribution in [2.75, 3.05) is 6.61 Å². The maximum absolute atomic E-state index is 10.9. The summed E-state index contributed by atoms with van der Waals surface area (Å²) in [6.45, 7) is 2.19. The lowest BCUT2D eigenvalue weighted by Gasteiger charge is -1.94. The second-order valence-electron chi connectivity index (χ2n) is 1.60. The molecule has 0 radical (unpaired) electrons. The van der Waals surface area contributed by atoms with Gasteiger partial charge in [0.05, 0.1) is 6.61 Å². The molecule has 0 fully saturated rings. The van der Waals surface area contributed by atoms with E-state index in [-0.39, 0.29) is 5.97 Å². The summed E-state index contributed by atoms with van der Waals surface area (Å²) < 4.78 is 8.48. The van der Waals surface area contributed by atoms with Gasteiger partial charge in [-0.3, -0.25) is 0 Å². The van der Waals surface area contributed by atoms with E-state index in [1.165, 1.54) is 0 Å². The monoisotopic (exact) mass is 157 g/mol. The lowest BCUT2D eigenvalue weighted by Crippen LogP contribution is -2.01. The number of aromatic nitrogens is 1. The molecule has 54 valence electrons. The van der Waals surface area contributed by atoms with E-state index < -0.39 is 0 Å². The third kappa shape index (κ3) is 1.54. The van der Waals surface area contributed by atoms with Crippen molar-refractivity contribution >= 4 is 17.5 Å². The Labute approximate surface area is 62.8 Å². The van der Waals surface area contributed by atoms with Crippen molar-refractivity contribution in [2.45, 2.75) is 6.92 Å². The van der Waals surface area contributed by atoms with Crippen LogP contribution in [0.4, 0.5) is 0 Å². The molecule has 0 unspecified atom stereocenters. The van der Waals surface area contributed by atoms with Gasteiger partial charge in [0.15, 0.2) is 0 Å². The Hall–Kier alpha value is -0.900. The van der Waals surface area contributed by atoms with Gasteiger partial charge in [-0.15, -0.1) is 0 Å². The summed E-state index contributed by atoms with van der Waals surface area (Å²) >= 11 is 1.15. The van der Waals surface area contributed by atoms with Crippen molar-refractivity contribution in [1.82, 2.24) is 4.37 Å². The number of rotatable bonds is 2. The van der Waals surface area contributed by atoms with Gasteiger partial charge in [0.25, 0.3) is 0 Å². The molecule has 4 heteroatoms. The first-order chi connectivity index (χ1) is 4.84. The Morgan fingerprint density at radius 2 is 2.70 bits per heavy atom. The molecule has 0 aliphatic carbocycles. The van der Waals surface area contributed by atoms with Gasteiger partial charge in [-0.2, -0.15) is 0 Å². The van der Waals surface area contributed by atoms with Crippen LogP contribution < -0.4 is 0 Å². The highest BCUT2D eigenvalue weighted by atomic mass is 32.1. The molecule has 10 heavy (non-hydrogen) atoms. The van der Waals surface area contributed by atoms with Crippen LogP contribution in [0.15, 0.2) is 12.3 Å². The molecule has 0 spiro atoms. The highest BCUT2D eigenvalue weighted by Crippen LogP contribution is 2.05. The summed E-state index contributed by atoms with van der Waals surface area (Å²) in [4.78, 5) is 11.4. The maximum Gasteiger partial charge on any atom is 0.349 e. The van der Waals surface area contributed by atoms with E-state index in [1.807, 2.05) is 0 Å². The summed E-state index contributed by atoms with van der Waals surface area (Å²) in [7, 11) is 0. The van der Waals surface area contributed by atoms with E-state index in [1.54, 1.807) is 19.2 Å². The van der Waals surface area contributed by atoms with Crippen molar-refractivity contribution in [2.24, 2.45) is 0 Å². The van der Waals surface area contributed by atoms with E-state index >= 15 is 0 Å². The average Bonchev–Trinajstić information content (AvgIpc) is 2.38. The van der Waals surface area contributed by atoms with Gasteiger partial charge in [0.2, 0.25) is 0 Å². The fraction of sp³-hybridized carbons (Fsp3) is 0.333. The molecule has 0 aromatic carbocycles. The molecule has 0 saturated carbocycles. The van der Waals surface area contributed by atoms with E-state index in [9.17, 15) is 4.79 Å². The number of carbonyl (C=O) groups excluding carboxylic acids is 1. The minimum absolute atomic E-state index is 0.287. The number of ether oxygens (including phenoxy) is 1. The van der Waals surface area contributed by atoms with Crippen molar-refractivity contribution in [1.29, 1.82) is 0 Å². The third-order valence-corrected chi connectivity index (χ3v) is 1.64. The van der Waals surface area contributed by atoms with E-state index in [0.717, 1.165) is 11.5 Å². The topological polar surface area (TPSA) is 39.2 Å². The van der Waals surface area contributed by atoms with Crippen molar-refractivity contribution in [3.63, 3.8) is 0 Å². The van der Waals surface area contributed by atoms with Crippen molar-refractivity contribution in [3.05, 3.63) is 17.1 Å². The molecule has 1 rings (SSSR count). The Morgan fingerprint density at radius 1 is 1.90 bits per heavy atom. The predicted octanol–water partition coefficient (Wildman–Crippen LogP) is 1.32. The second kappa shape index (κ2) is 3.31. The first-order valence-corrected chi connectivity index (χ1v) is 3.69. The van der Waals surface area contributed by atoms with E-state index in [4.69, 9.17) is 4.74 Å². The maximum atomic E-state index is 10.9. The van der Waals surface area contributed by atoms with Crippen molar-refractivity contribution < 1.29 is 9.53 Å². The SMILES string of the molecule is CCOC(=O)c1ccns1. The molecule has 0 bridgehead atoms. The van der Waals surface area contributed by atoms with Crippen LogP contribution in [-0.4, -0.2) is 16.9 Å². The third-order valence-electron chi connectivity index (χ3n) is 0.914. The molecule has 0 aliphatic heterocycles. The molecule has 1 heterocycles. The molecule has 0 aliphatic rings. The summed E-state index contributed by atoms with van der Waals surface area (Å²) in [6.07, 6.45) is 1.58. The van der Waals surface area contributed by atoms with Gasteiger partial charge >= 0.3 is 5.97 Å². The minimum Gasteiger partial charge on any atom is -0.462 e. The molecule has 0 N–H and O–H groups in total. The van der Waals surface area contributed by atoms with Crippen LogP contribution in [0, 0.1) is 0 Å². The number of hydrogen-bond acceptors (Lipinski definition) is 4. The van der Waals surface area contributed by atoms with E-state index in [2.05, 4.69) is 4.37 Å². The lowest BCUT2D eigenvalue weighted by atomic mass is 10.5. The smallest absolute Gasteiger partial charge is 0.349 e. The molecule has 0 amide bonds. The fourth-order valence-corrected chi connectivity index (χ4v) is 1.01. The molecular weight excluding hydrogens is 150 g/mol. The summed E-state index contributed by atoms with van der Waals surface area (Å²) in [5.41, 5.74) is 0. The van der Waals surface area contributed by atoms with Gasteiger partial charge in [0.1, 0.15) is 4.88 Å². The van der Waals surface area contributed by atoms with E-state index in [0.29, 0.717) is 11.5 Å². The zero-order valence-corrected chi connectivity index (χ0v) is 6.35. The van der Waals surface area contributed by atoms with Crippen LogP contribution in [-0.2, 0) is 4.74 Å². The average molecular weight is 157 g/mol. The highest BCUT2D eigenvalue weighted by molar-refractivity contribution is 7.07. The first-order valence-electron chi connectivity index (χ1n) is 2.92.